The number of benzene rings is 1. The van der Waals surface area contributed by atoms with Crippen molar-refractivity contribution in [2.24, 2.45) is 0 Å². The van der Waals surface area contributed by atoms with Crippen molar-refractivity contribution >= 4 is 6.09 Å². The Morgan fingerprint density at radius 3 is 2.50 bits per heavy atom. The maximum absolute atomic E-state index is 13.9. The average molecular weight is 309 g/mol. The summed E-state index contributed by atoms with van der Waals surface area (Å²) in [6.07, 6.45) is 0.694. The van der Waals surface area contributed by atoms with Crippen LogP contribution in [0, 0.1) is 12.7 Å². The molecule has 1 amide bonds. The minimum Gasteiger partial charge on any atom is -0.444 e. The summed E-state index contributed by atoms with van der Waals surface area (Å²) < 4.78 is 24.7. The third-order valence-corrected chi connectivity index (χ3v) is 3.81. The molecule has 0 atom stereocenters. The molecule has 22 heavy (non-hydrogen) atoms. The molecular formula is C17H24FNO3. The number of aryl methyl sites for hydroxylation is 1. The average Bonchev–Trinajstić information content (AvgIpc) is 2.40. The van der Waals surface area contributed by atoms with Gasteiger partial charge in [-0.2, -0.15) is 0 Å². The van der Waals surface area contributed by atoms with E-state index in [-0.39, 0.29) is 5.82 Å². The molecule has 0 bridgehead atoms. The molecule has 4 nitrogen and oxygen atoms in total. The SMILES string of the molecule is Cc1ccc(C2(NC(=O)OC(C)(C)C)CCOCC2)cc1F. The summed E-state index contributed by atoms with van der Waals surface area (Å²) in [6.45, 7) is 8.20. The van der Waals surface area contributed by atoms with E-state index in [2.05, 4.69) is 5.32 Å². The normalized spacial score (nSPS) is 17.9. The van der Waals surface area contributed by atoms with Gasteiger partial charge < -0.3 is 14.8 Å². The molecule has 0 spiro atoms. The predicted octanol–water partition coefficient (Wildman–Crippen LogP) is 3.66. The Morgan fingerprint density at radius 1 is 1.32 bits per heavy atom. The first-order valence-electron chi connectivity index (χ1n) is 7.57. The summed E-state index contributed by atoms with van der Waals surface area (Å²) in [6, 6.07) is 5.10. The lowest BCUT2D eigenvalue weighted by atomic mass is 9.82. The van der Waals surface area contributed by atoms with Gasteiger partial charge in [-0.25, -0.2) is 9.18 Å². The number of hydrogen-bond donors (Lipinski definition) is 1. The van der Waals surface area contributed by atoms with Gasteiger partial charge in [-0.3, -0.25) is 0 Å². The topological polar surface area (TPSA) is 47.6 Å². The van der Waals surface area contributed by atoms with Gasteiger partial charge in [0, 0.05) is 13.2 Å². The number of alkyl carbamates (subject to hydrolysis) is 1. The van der Waals surface area contributed by atoms with Gasteiger partial charge in [0.1, 0.15) is 11.4 Å². The quantitative estimate of drug-likeness (QED) is 0.907. The van der Waals surface area contributed by atoms with E-state index in [1.807, 2.05) is 26.8 Å². The van der Waals surface area contributed by atoms with E-state index in [0.717, 1.165) is 5.56 Å². The molecule has 2 rings (SSSR count). The summed E-state index contributed by atoms with van der Waals surface area (Å²) in [4.78, 5) is 12.2. The molecule has 1 aliphatic heterocycles. The van der Waals surface area contributed by atoms with Gasteiger partial charge in [0.05, 0.1) is 5.54 Å². The monoisotopic (exact) mass is 309 g/mol. The van der Waals surface area contributed by atoms with E-state index >= 15 is 0 Å². The maximum atomic E-state index is 13.9. The van der Waals surface area contributed by atoms with Crippen LogP contribution in [0.2, 0.25) is 0 Å². The summed E-state index contributed by atoms with van der Waals surface area (Å²) in [5.41, 5.74) is 0.123. The zero-order valence-electron chi connectivity index (χ0n) is 13.7. The lowest BCUT2D eigenvalue weighted by molar-refractivity contribution is 0.0156. The third-order valence-electron chi connectivity index (χ3n) is 3.81. The number of amides is 1. The van der Waals surface area contributed by atoms with Crippen molar-refractivity contribution in [1.29, 1.82) is 0 Å². The zero-order chi connectivity index (χ0) is 16.4. The Morgan fingerprint density at radius 2 is 1.95 bits per heavy atom. The maximum Gasteiger partial charge on any atom is 0.408 e. The van der Waals surface area contributed by atoms with Crippen LogP contribution in [0.25, 0.3) is 0 Å². The Kier molecular flexibility index (Phi) is 4.75. The highest BCUT2D eigenvalue weighted by Gasteiger charge is 2.37. The number of carbonyl (C=O) groups excluding carboxylic acids is 1. The Hall–Kier alpha value is -1.62. The highest BCUT2D eigenvalue weighted by atomic mass is 19.1. The Balaban J connectivity index is 2.27. The molecule has 0 aromatic heterocycles. The van der Waals surface area contributed by atoms with Gasteiger partial charge in [-0.05, 0) is 57.7 Å². The number of nitrogens with one attached hydrogen (secondary N) is 1. The van der Waals surface area contributed by atoms with E-state index in [1.54, 1.807) is 13.0 Å². The minimum absolute atomic E-state index is 0.269. The first kappa shape index (κ1) is 16.7. The van der Waals surface area contributed by atoms with Gasteiger partial charge in [-0.15, -0.1) is 0 Å². The molecule has 122 valence electrons. The second-order valence-electron chi connectivity index (χ2n) is 6.79. The summed E-state index contributed by atoms with van der Waals surface area (Å²) >= 11 is 0. The second kappa shape index (κ2) is 6.24. The van der Waals surface area contributed by atoms with E-state index in [4.69, 9.17) is 9.47 Å². The van der Waals surface area contributed by atoms with E-state index in [9.17, 15) is 9.18 Å². The number of ether oxygens (including phenoxy) is 2. The molecule has 5 heteroatoms. The molecule has 1 N–H and O–H groups in total. The molecular weight excluding hydrogens is 285 g/mol. The highest BCUT2D eigenvalue weighted by molar-refractivity contribution is 5.69. The lowest BCUT2D eigenvalue weighted by Gasteiger charge is -2.39. The van der Waals surface area contributed by atoms with Crippen LogP contribution in [0.15, 0.2) is 18.2 Å². The fourth-order valence-corrected chi connectivity index (χ4v) is 2.60. The fraction of sp³-hybridized carbons (Fsp3) is 0.588. The molecule has 0 unspecified atom stereocenters. The van der Waals surface area contributed by atoms with Crippen LogP contribution >= 0.6 is 0 Å². The van der Waals surface area contributed by atoms with E-state index in [1.165, 1.54) is 6.07 Å². The molecule has 1 aliphatic rings. The van der Waals surface area contributed by atoms with Crippen LogP contribution in [0.5, 0.6) is 0 Å². The van der Waals surface area contributed by atoms with Gasteiger partial charge >= 0.3 is 6.09 Å². The summed E-state index contributed by atoms with van der Waals surface area (Å²) in [5, 5.41) is 2.94. The molecule has 1 saturated heterocycles. The number of rotatable bonds is 2. The standard InChI is InChI=1S/C17H24FNO3/c1-12-5-6-13(11-14(12)18)17(7-9-21-10-8-17)19-15(20)22-16(2,3)4/h5-6,11H,7-10H2,1-4H3,(H,19,20). The summed E-state index contributed by atoms with van der Waals surface area (Å²) in [7, 11) is 0. The number of hydrogen-bond acceptors (Lipinski definition) is 3. The van der Waals surface area contributed by atoms with Crippen molar-refractivity contribution in [3.8, 4) is 0 Å². The second-order valence-corrected chi connectivity index (χ2v) is 6.79. The molecule has 1 aromatic carbocycles. The van der Waals surface area contributed by atoms with E-state index < -0.39 is 17.2 Å². The van der Waals surface area contributed by atoms with Gasteiger partial charge in [0.15, 0.2) is 0 Å². The highest BCUT2D eigenvalue weighted by Crippen LogP contribution is 2.33. The van der Waals surface area contributed by atoms with Crippen LogP contribution in [0.4, 0.5) is 9.18 Å². The van der Waals surface area contributed by atoms with Crippen LogP contribution in [-0.4, -0.2) is 24.9 Å². The zero-order valence-corrected chi connectivity index (χ0v) is 13.7. The predicted molar refractivity (Wildman–Crippen MR) is 82.2 cm³/mol. The molecule has 0 radical (unpaired) electrons. The largest absolute Gasteiger partial charge is 0.444 e. The lowest BCUT2D eigenvalue weighted by Crippen LogP contribution is -2.50. The first-order valence-corrected chi connectivity index (χ1v) is 7.57. The fourth-order valence-electron chi connectivity index (χ4n) is 2.60. The van der Waals surface area contributed by atoms with Crippen molar-refractivity contribution in [2.45, 2.75) is 51.7 Å². The molecule has 0 aliphatic carbocycles. The van der Waals surface area contributed by atoms with E-state index in [0.29, 0.717) is 31.6 Å². The Labute approximate surface area is 131 Å². The number of halogens is 1. The van der Waals surface area contributed by atoms with Crippen LogP contribution < -0.4 is 5.32 Å². The summed E-state index contributed by atoms with van der Waals surface area (Å²) in [5.74, 6) is -0.269. The van der Waals surface area contributed by atoms with Crippen LogP contribution in [0.3, 0.4) is 0 Å². The van der Waals surface area contributed by atoms with Gasteiger partial charge in [-0.1, -0.05) is 12.1 Å². The molecule has 1 fully saturated rings. The van der Waals surface area contributed by atoms with Crippen molar-refractivity contribution < 1.29 is 18.7 Å². The smallest absolute Gasteiger partial charge is 0.408 e. The molecule has 1 heterocycles. The van der Waals surface area contributed by atoms with Crippen molar-refractivity contribution in [2.75, 3.05) is 13.2 Å². The Bertz CT molecular complexity index is 545. The molecule has 1 aromatic rings. The van der Waals surface area contributed by atoms with Crippen molar-refractivity contribution in [3.05, 3.63) is 35.1 Å². The van der Waals surface area contributed by atoms with Gasteiger partial charge in [0.25, 0.3) is 0 Å². The number of carbonyl (C=O) groups is 1. The van der Waals surface area contributed by atoms with Gasteiger partial charge in [0.2, 0.25) is 0 Å². The first-order chi connectivity index (χ1) is 10.2. The molecule has 0 saturated carbocycles. The minimum atomic E-state index is -0.644. The van der Waals surface area contributed by atoms with Crippen LogP contribution in [-0.2, 0) is 15.0 Å². The third kappa shape index (κ3) is 3.97. The van der Waals surface area contributed by atoms with Crippen molar-refractivity contribution in [3.63, 3.8) is 0 Å². The van der Waals surface area contributed by atoms with Crippen LogP contribution in [0.1, 0.15) is 44.7 Å². The van der Waals surface area contributed by atoms with Crippen molar-refractivity contribution in [1.82, 2.24) is 5.32 Å².